The summed E-state index contributed by atoms with van der Waals surface area (Å²) in [6.45, 7) is 3.02. The lowest BCUT2D eigenvalue weighted by atomic mass is 10.1. The Morgan fingerprint density at radius 2 is 1.58 bits per heavy atom. The predicted octanol–water partition coefficient (Wildman–Crippen LogP) is 3.63. The topological polar surface area (TPSA) is 55.8 Å². The van der Waals surface area contributed by atoms with Gasteiger partial charge in [0.05, 0.1) is 13.2 Å². The lowest BCUT2D eigenvalue weighted by Crippen LogP contribution is -2.25. The Balaban J connectivity index is 3.45. The Hall–Kier alpha value is -0.610. The summed E-state index contributed by atoms with van der Waals surface area (Å²) in [4.78, 5) is 11.0. The van der Waals surface area contributed by atoms with Crippen molar-refractivity contribution >= 4 is 5.97 Å². The molecular formula is C15H30O4. The van der Waals surface area contributed by atoms with Gasteiger partial charge in [0.25, 0.3) is 0 Å². The highest BCUT2D eigenvalue weighted by Gasteiger charge is 2.16. The van der Waals surface area contributed by atoms with Crippen molar-refractivity contribution in [2.75, 3.05) is 20.3 Å². The third-order valence-electron chi connectivity index (χ3n) is 3.20. The van der Waals surface area contributed by atoms with Crippen molar-refractivity contribution < 1.29 is 19.4 Å². The number of carboxylic acids is 1. The molecule has 0 bridgehead atoms. The van der Waals surface area contributed by atoms with Gasteiger partial charge in [-0.25, -0.2) is 4.79 Å². The smallest absolute Gasteiger partial charge is 0.332 e. The van der Waals surface area contributed by atoms with Crippen LogP contribution < -0.4 is 0 Å². The number of hydrogen-bond donors (Lipinski definition) is 1. The van der Waals surface area contributed by atoms with E-state index in [4.69, 9.17) is 14.6 Å². The average molecular weight is 274 g/mol. The minimum Gasteiger partial charge on any atom is -0.479 e. The second-order valence-electron chi connectivity index (χ2n) is 4.95. The second-order valence-corrected chi connectivity index (χ2v) is 4.95. The molecule has 19 heavy (non-hydrogen) atoms. The average Bonchev–Trinajstić information content (AvgIpc) is 2.39. The lowest BCUT2D eigenvalue weighted by molar-refractivity contribution is -0.151. The van der Waals surface area contributed by atoms with Gasteiger partial charge in [0.2, 0.25) is 0 Å². The molecule has 0 aromatic rings. The van der Waals surface area contributed by atoms with Crippen LogP contribution in [0.3, 0.4) is 0 Å². The zero-order valence-corrected chi connectivity index (χ0v) is 12.5. The molecule has 0 saturated carbocycles. The lowest BCUT2D eigenvalue weighted by Gasteiger charge is -2.13. The van der Waals surface area contributed by atoms with E-state index in [1.807, 2.05) is 0 Å². The predicted molar refractivity (Wildman–Crippen MR) is 76.5 cm³/mol. The number of hydrogen-bond acceptors (Lipinski definition) is 3. The Bertz CT molecular complexity index is 206. The monoisotopic (exact) mass is 274 g/mol. The number of methoxy groups -OCH3 is 1. The maximum atomic E-state index is 11.0. The van der Waals surface area contributed by atoms with Gasteiger partial charge in [-0.15, -0.1) is 0 Å². The molecule has 0 fully saturated rings. The molecule has 114 valence electrons. The maximum Gasteiger partial charge on any atom is 0.332 e. The molecule has 0 aromatic carbocycles. The first-order valence-corrected chi connectivity index (χ1v) is 7.55. The number of ether oxygens (including phenoxy) is 2. The van der Waals surface area contributed by atoms with E-state index in [9.17, 15) is 4.79 Å². The molecular weight excluding hydrogens is 244 g/mol. The van der Waals surface area contributed by atoms with E-state index in [1.165, 1.54) is 38.5 Å². The number of aliphatic carboxylic acids is 1. The molecule has 0 amide bonds. The molecule has 0 aliphatic carbocycles. The summed E-state index contributed by atoms with van der Waals surface area (Å²) in [7, 11) is 1.58. The highest BCUT2D eigenvalue weighted by atomic mass is 16.5. The van der Waals surface area contributed by atoms with E-state index in [-0.39, 0.29) is 0 Å². The molecule has 0 spiro atoms. The fourth-order valence-electron chi connectivity index (χ4n) is 2.02. The van der Waals surface area contributed by atoms with Gasteiger partial charge in [-0.3, -0.25) is 0 Å². The van der Waals surface area contributed by atoms with E-state index in [1.54, 1.807) is 7.11 Å². The number of carboxylic acid groups (broad SMARTS) is 1. The number of carbonyl (C=O) groups is 1. The zero-order chi connectivity index (χ0) is 14.3. The van der Waals surface area contributed by atoms with Gasteiger partial charge in [-0.2, -0.15) is 0 Å². The molecule has 0 aromatic heterocycles. The van der Waals surface area contributed by atoms with Crippen molar-refractivity contribution in [3.8, 4) is 0 Å². The van der Waals surface area contributed by atoms with Crippen LogP contribution in [-0.2, 0) is 14.3 Å². The summed E-state index contributed by atoms with van der Waals surface area (Å²) < 4.78 is 10.1. The summed E-state index contributed by atoms with van der Waals surface area (Å²) in [5.41, 5.74) is 0. The summed E-state index contributed by atoms with van der Waals surface area (Å²) in [5, 5.41) is 9.01. The zero-order valence-electron chi connectivity index (χ0n) is 12.5. The van der Waals surface area contributed by atoms with E-state index >= 15 is 0 Å². The quantitative estimate of drug-likeness (QED) is 0.491. The van der Waals surface area contributed by atoms with E-state index in [2.05, 4.69) is 6.92 Å². The first kappa shape index (κ1) is 18.4. The van der Waals surface area contributed by atoms with Crippen LogP contribution in [0.4, 0.5) is 0 Å². The SMILES string of the molecule is CCCCCCCCCCC(OCCOC)C(=O)O. The Morgan fingerprint density at radius 1 is 1.00 bits per heavy atom. The minimum absolute atomic E-state index is 0.352. The summed E-state index contributed by atoms with van der Waals surface area (Å²) in [6, 6.07) is 0. The molecule has 0 radical (unpaired) electrons. The Kier molecular flexibility index (Phi) is 13.4. The highest BCUT2D eigenvalue weighted by Crippen LogP contribution is 2.12. The molecule has 0 rings (SSSR count). The first-order chi connectivity index (χ1) is 9.22. The van der Waals surface area contributed by atoms with Crippen LogP contribution in [0.5, 0.6) is 0 Å². The van der Waals surface area contributed by atoms with E-state index in [0.717, 1.165) is 12.8 Å². The normalized spacial score (nSPS) is 12.5. The first-order valence-electron chi connectivity index (χ1n) is 7.55. The molecule has 0 saturated heterocycles. The van der Waals surface area contributed by atoms with Gasteiger partial charge in [-0.05, 0) is 6.42 Å². The summed E-state index contributed by atoms with van der Waals surface area (Å²) in [5.74, 6) is -0.862. The largest absolute Gasteiger partial charge is 0.479 e. The van der Waals surface area contributed by atoms with Crippen LogP contribution in [0, 0.1) is 0 Å². The van der Waals surface area contributed by atoms with Crippen molar-refractivity contribution in [3.05, 3.63) is 0 Å². The van der Waals surface area contributed by atoms with Crippen molar-refractivity contribution in [2.24, 2.45) is 0 Å². The molecule has 1 unspecified atom stereocenters. The number of unbranched alkanes of at least 4 members (excludes halogenated alkanes) is 7. The fraction of sp³-hybridized carbons (Fsp3) is 0.933. The summed E-state index contributed by atoms with van der Waals surface area (Å²) >= 11 is 0. The third-order valence-corrected chi connectivity index (χ3v) is 3.20. The van der Waals surface area contributed by atoms with Crippen molar-refractivity contribution in [3.63, 3.8) is 0 Å². The third kappa shape index (κ3) is 12.2. The van der Waals surface area contributed by atoms with Crippen molar-refractivity contribution in [1.29, 1.82) is 0 Å². The van der Waals surface area contributed by atoms with Crippen molar-refractivity contribution in [2.45, 2.75) is 70.8 Å². The van der Waals surface area contributed by atoms with E-state index in [0.29, 0.717) is 19.6 Å². The van der Waals surface area contributed by atoms with Crippen LogP contribution in [0.2, 0.25) is 0 Å². The van der Waals surface area contributed by atoms with Gasteiger partial charge >= 0.3 is 5.97 Å². The number of rotatable bonds is 14. The van der Waals surface area contributed by atoms with Crippen LogP contribution in [-0.4, -0.2) is 37.5 Å². The van der Waals surface area contributed by atoms with Crippen LogP contribution in [0.25, 0.3) is 0 Å². The highest BCUT2D eigenvalue weighted by molar-refractivity contribution is 5.72. The standard InChI is InChI=1S/C15H30O4/c1-3-4-5-6-7-8-9-10-11-14(15(16)17)19-13-12-18-2/h14H,3-13H2,1-2H3,(H,16,17). The van der Waals surface area contributed by atoms with Gasteiger partial charge in [-0.1, -0.05) is 58.3 Å². The van der Waals surface area contributed by atoms with Crippen LogP contribution in [0.15, 0.2) is 0 Å². The van der Waals surface area contributed by atoms with Crippen LogP contribution >= 0.6 is 0 Å². The summed E-state index contributed by atoms with van der Waals surface area (Å²) in [6.07, 6.45) is 9.67. The molecule has 4 heteroatoms. The maximum absolute atomic E-state index is 11.0. The molecule has 0 aliphatic heterocycles. The molecule has 0 aliphatic rings. The van der Waals surface area contributed by atoms with Gasteiger partial charge < -0.3 is 14.6 Å². The van der Waals surface area contributed by atoms with Gasteiger partial charge in [0.15, 0.2) is 6.10 Å². The Labute approximate surface area is 117 Å². The molecule has 1 atom stereocenters. The van der Waals surface area contributed by atoms with E-state index < -0.39 is 12.1 Å². The minimum atomic E-state index is -0.862. The molecule has 1 N–H and O–H groups in total. The van der Waals surface area contributed by atoms with Crippen molar-refractivity contribution in [1.82, 2.24) is 0 Å². The fourth-order valence-corrected chi connectivity index (χ4v) is 2.02. The molecule has 4 nitrogen and oxygen atoms in total. The van der Waals surface area contributed by atoms with Crippen LogP contribution in [0.1, 0.15) is 64.7 Å². The second kappa shape index (κ2) is 13.8. The van der Waals surface area contributed by atoms with Gasteiger partial charge in [0.1, 0.15) is 0 Å². The Morgan fingerprint density at radius 3 is 2.11 bits per heavy atom. The van der Waals surface area contributed by atoms with Gasteiger partial charge in [0, 0.05) is 7.11 Å². The molecule has 0 heterocycles.